The molecule has 0 saturated carbocycles. The highest BCUT2D eigenvalue weighted by atomic mass is 35.5. The molecule has 0 bridgehead atoms. The Hall–Kier alpha value is -2.29. The van der Waals surface area contributed by atoms with E-state index in [1.807, 2.05) is 0 Å². The fourth-order valence-corrected chi connectivity index (χ4v) is 3.29. The SMILES string of the molecule is COc1ccc(/C=C(/C#N)S(=O)(=O)Cc2ccc(Cl)cc2)cc1. The van der Waals surface area contributed by atoms with Gasteiger partial charge >= 0.3 is 0 Å². The van der Waals surface area contributed by atoms with Gasteiger partial charge in [0.25, 0.3) is 0 Å². The van der Waals surface area contributed by atoms with Gasteiger partial charge in [0.15, 0.2) is 9.84 Å². The topological polar surface area (TPSA) is 67.2 Å². The number of rotatable bonds is 5. The molecular weight excluding hydrogens is 334 g/mol. The largest absolute Gasteiger partial charge is 0.497 e. The van der Waals surface area contributed by atoms with Crippen LogP contribution in [0.1, 0.15) is 11.1 Å². The lowest BCUT2D eigenvalue weighted by Gasteiger charge is -2.04. The summed E-state index contributed by atoms with van der Waals surface area (Å²) in [5, 5.41) is 9.73. The highest BCUT2D eigenvalue weighted by molar-refractivity contribution is 7.95. The Morgan fingerprint density at radius 2 is 1.78 bits per heavy atom. The van der Waals surface area contributed by atoms with Crippen LogP contribution in [0.25, 0.3) is 6.08 Å². The van der Waals surface area contributed by atoms with E-state index in [2.05, 4.69) is 0 Å². The summed E-state index contributed by atoms with van der Waals surface area (Å²) in [7, 11) is -2.18. The van der Waals surface area contributed by atoms with Gasteiger partial charge < -0.3 is 4.74 Å². The normalized spacial score (nSPS) is 11.8. The zero-order chi connectivity index (χ0) is 16.9. The third-order valence-corrected chi connectivity index (χ3v) is 4.97. The summed E-state index contributed by atoms with van der Waals surface area (Å²) >= 11 is 5.78. The summed E-state index contributed by atoms with van der Waals surface area (Å²) in [6, 6.07) is 15.0. The Labute approximate surface area is 140 Å². The number of nitrogens with zero attached hydrogens (tertiary/aromatic N) is 1. The van der Waals surface area contributed by atoms with Gasteiger partial charge in [0, 0.05) is 5.02 Å². The molecule has 0 heterocycles. The average molecular weight is 348 g/mol. The second-order valence-electron chi connectivity index (χ2n) is 4.78. The summed E-state index contributed by atoms with van der Waals surface area (Å²) in [5.74, 6) is 0.407. The van der Waals surface area contributed by atoms with Gasteiger partial charge in [-0.25, -0.2) is 8.42 Å². The van der Waals surface area contributed by atoms with Crippen LogP contribution in [0.2, 0.25) is 5.02 Å². The molecule has 0 saturated heterocycles. The van der Waals surface area contributed by atoms with Crippen molar-refractivity contribution in [2.24, 2.45) is 0 Å². The maximum atomic E-state index is 12.4. The van der Waals surface area contributed by atoms with E-state index in [1.165, 1.54) is 6.08 Å². The smallest absolute Gasteiger partial charge is 0.192 e. The Kier molecular flexibility index (Phi) is 5.43. The van der Waals surface area contributed by atoms with Crippen molar-refractivity contribution in [1.29, 1.82) is 5.26 Å². The first-order valence-corrected chi connectivity index (χ1v) is 8.70. The number of hydrogen-bond donors (Lipinski definition) is 0. The summed E-state index contributed by atoms with van der Waals surface area (Å²) in [4.78, 5) is -0.280. The number of methoxy groups -OCH3 is 1. The van der Waals surface area contributed by atoms with Gasteiger partial charge in [-0.3, -0.25) is 0 Å². The van der Waals surface area contributed by atoms with Gasteiger partial charge in [-0.15, -0.1) is 0 Å². The first-order valence-electron chi connectivity index (χ1n) is 6.67. The molecule has 23 heavy (non-hydrogen) atoms. The third kappa shape index (κ3) is 4.59. The lowest BCUT2D eigenvalue weighted by molar-refractivity contribution is 0.415. The van der Waals surface area contributed by atoms with E-state index in [-0.39, 0.29) is 10.7 Å². The first kappa shape index (κ1) is 17.1. The van der Waals surface area contributed by atoms with Crippen molar-refractivity contribution < 1.29 is 13.2 Å². The Morgan fingerprint density at radius 3 is 2.30 bits per heavy atom. The second kappa shape index (κ2) is 7.32. The summed E-state index contributed by atoms with van der Waals surface area (Å²) in [6.45, 7) is 0. The molecule has 0 aliphatic rings. The molecule has 2 aromatic carbocycles. The second-order valence-corrected chi connectivity index (χ2v) is 7.17. The van der Waals surface area contributed by atoms with Crippen molar-refractivity contribution in [3.63, 3.8) is 0 Å². The van der Waals surface area contributed by atoms with Crippen molar-refractivity contribution in [2.75, 3.05) is 7.11 Å². The molecule has 2 rings (SSSR count). The zero-order valence-electron chi connectivity index (χ0n) is 12.4. The summed E-state index contributed by atoms with van der Waals surface area (Å²) < 4.78 is 29.8. The Morgan fingerprint density at radius 1 is 1.17 bits per heavy atom. The monoisotopic (exact) mass is 347 g/mol. The molecule has 0 spiro atoms. The minimum Gasteiger partial charge on any atom is -0.497 e. The molecule has 0 aliphatic heterocycles. The molecule has 0 atom stereocenters. The lowest BCUT2D eigenvalue weighted by Crippen LogP contribution is -2.06. The predicted octanol–water partition coefficient (Wildman–Crippen LogP) is 3.83. The standard InChI is InChI=1S/C17H14ClNO3S/c1-22-16-8-4-13(5-9-16)10-17(11-19)23(20,21)12-14-2-6-15(18)7-3-14/h2-10H,12H2,1H3/b17-10-. The minimum absolute atomic E-state index is 0.250. The van der Waals surface area contributed by atoms with Crippen LogP contribution in [-0.4, -0.2) is 15.5 Å². The molecule has 0 aliphatic carbocycles. The van der Waals surface area contributed by atoms with Gasteiger partial charge in [0.1, 0.15) is 16.7 Å². The van der Waals surface area contributed by atoms with E-state index in [0.717, 1.165) is 0 Å². The quantitative estimate of drug-likeness (QED) is 0.771. The fourth-order valence-electron chi connectivity index (χ4n) is 1.92. The summed E-state index contributed by atoms with van der Waals surface area (Å²) in [6.07, 6.45) is 1.35. The molecule has 4 nitrogen and oxygen atoms in total. The van der Waals surface area contributed by atoms with Crippen LogP contribution in [0.4, 0.5) is 0 Å². The number of halogens is 1. The number of ether oxygens (including phenoxy) is 1. The average Bonchev–Trinajstić information content (AvgIpc) is 2.55. The number of benzene rings is 2. The molecule has 0 unspecified atom stereocenters. The van der Waals surface area contributed by atoms with Gasteiger partial charge in [-0.1, -0.05) is 35.9 Å². The van der Waals surface area contributed by atoms with Crippen LogP contribution < -0.4 is 4.74 Å². The van der Waals surface area contributed by atoms with Crippen LogP contribution in [0, 0.1) is 11.3 Å². The van der Waals surface area contributed by atoms with Crippen molar-refractivity contribution in [3.05, 3.63) is 69.6 Å². The Balaban J connectivity index is 2.28. The number of sulfone groups is 1. The third-order valence-electron chi connectivity index (χ3n) is 3.13. The lowest BCUT2D eigenvalue weighted by atomic mass is 10.2. The van der Waals surface area contributed by atoms with Crippen LogP contribution >= 0.6 is 11.6 Å². The van der Waals surface area contributed by atoms with E-state index >= 15 is 0 Å². The van der Waals surface area contributed by atoms with E-state index in [4.69, 9.17) is 16.3 Å². The van der Waals surface area contributed by atoms with Crippen molar-refractivity contribution in [2.45, 2.75) is 5.75 Å². The molecule has 0 amide bonds. The van der Waals surface area contributed by atoms with Crippen molar-refractivity contribution in [1.82, 2.24) is 0 Å². The highest BCUT2D eigenvalue weighted by Crippen LogP contribution is 2.20. The number of allylic oxidation sites excluding steroid dienone is 1. The van der Waals surface area contributed by atoms with E-state index in [0.29, 0.717) is 21.9 Å². The fraction of sp³-hybridized carbons (Fsp3) is 0.118. The molecule has 0 aromatic heterocycles. The van der Waals surface area contributed by atoms with Gasteiger partial charge in [0.05, 0.1) is 12.9 Å². The molecular formula is C17H14ClNO3S. The first-order chi connectivity index (χ1) is 10.9. The molecule has 0 radical (unpaired) electrons. The van der Waals surface area contributed by atoms with Gasteiger partial charge in [0.2, 0.25) is 0 Å². The van der Waals surface area contributed by atoms with Crippen molar-refractivity contribution in [3.8, 4) is 11.8 Å². The molecule has 2 aromatic rings. The maximum absolute atomic E-state index is 12.4. The molecule has 0 N–H and O–H groups in total. The van der Waals surface area contributed by atoms with E-state index in [9.17, 15) is 13.7 Å². The number of nitriles is 1. The summed E-state index contributed by atoms with van der Waals surface area (Å²) in [5.41, 5.74) is 1.19. The van der Waals surface area contributed by atoms with E-state index < -0.39 is 9.84 Å². The van der Waals surface area contributed by atoms with Gasteiger partial charge in [-0.05, 0) is 41.5 Å². The van der Waals surface area contributed by atoms with Crippen LogP contribution in [0.3, 0.4) is 0 Å². The van der Waals surface area contributed by atoms with Crippen LogP contribution in [0.5, 0.6) is 5.75 Å². The molecule has 0 fully saturated rings. The molecule has 6 heteroatoms. The van der Waals surface area contributed by atoms with Crippen LogP contribution in [0.15, 0.2) is 53.4 Å². The van der Waals surface area contributed by atoms with Gasteiger partial charge in [-0.2, -0.15) is 5.26 Å². The predicted molar refractivity (Wildman–Crippen MR) is 90.7 cm³/mol. The van der Waals surface area contributed by atoms with Crippen molar-refractivity contribution >= 4 is 27.5 Å². The zero-order valence-corrected chi connectivity index (χ0v) is 13.9. The highest BCUT2D eigenvalue weighted by Gasteiger charge is 2.18. The Bertz CT molecular complexity index is 848. The van der Waals surface area contributed by atoms with E-state index in [1.54, 1.807) is 61.7 Å². The minimum atomic E-state index is -3.73. The maximum Gasteiger partial charge on any atom is 0.192 e. The molecule has 118 valence electrons. The number of hydrogen-bond acceptors (Lipinski definition) is 4. The van der Waals surface area contributed by atoms with Crippen LogP contribution in [-0.2, 0) is 15.6 Å².